The van der Waals surface area contributed by atoms with Crippen LogP contribution in [0.1, 0.15) is 75.5 Å². The van der Waals surface area contributed by atoms with Gasteiger partial charge >= 0.3 is 0 Å². The summed E-state index contributed by atoms with van der Waals surface area (Å²) in [6, 6.07) is 2.00. The Morgan fingerprint density at radius 2 is 2.04 bits per heavy atom. The predicted octanol–water partition coefficient (Wildman–Crippen LogP) is 2.64. The third-order valence-corrected chi connectivity index (χ3v) is 5.09. The number of hydrogen-bond donors (Lipinski definition) is 2. The van der Waals surface area contributed by atoms with E-state index in [1.807, 2.05) is 10.7 Å². The molecule has 1 saturated carbocycles. The zero-order valence-corrected chi connectivity index (χ0v) is 14.9. The van der Waals surface area contributed by atoms with E-state index in [0.29, 0.717) is 11.6 Å². The van der Waals surface area contributed by atoms with Crippen molar-refractivity contribution in [3.8, 4) is 0 Å². The SMILES string of the molecule is CC1(CNC(=O)c2cc(C3CC3)n(C(C)(C)C)n2)CCNCC1. The molecule has 1 aromatic heterocycles. The number of carbonyl (C=O) groups excluding carboxylic acids is 1. The molecule has 5 heteroatoms. The van der Waals surface area contributed by atoms with Gasteiger partial charge in [0.1, 0.15) is 5.69 Å². The van der Waals surface area contributed by atoms with Crippen molar-refractivity contribution in [2.45, 2.75) is 64.8 Å². The minimum Gasteiger partial charge on any atom is -0.350 e. The van der Waals surface area contributed by atoms with Crippen molar-refractivity contribution in [2.24, 2.45) is 5.41 Å². The summed E-state index contributed by atoms with van der Waals surface area (Å²) in [6.45, 7) is 11.5. The highest BCUT2D eigenvalue weighted by Crippen LogP contribution is 2.41. The number of nitrogens with one attached hydrogen (secondary N) is 2. The molecule has 1 saturated heterocycles. The summed E-state index contributed by atoms with van der Waals surface area (Å²) >= 11 is 0. The Morgan fingerprint density at radius 3 is 2.61 bits per heavy atom. The van der Waals surface area contributed by atoms with Crippen LogP contribution in [-0.2, 0) is 5.54 Å². The summed E-state index contributed by atoms with van der Waals surface area (Å²) in [5.74, 6) is 0.555. The first-order valence-electron chi connectivity index (χ1n) is 8.88. The van der Waals surface area contributed by atoms with Gasteiger partial charge in [-0.3, -0.25) is 9.48 Å². The fourth-order valence-electron chi connectivity index (χ4n) is 3.31. The van der Waals surface area contributed by atoms with Crippen LogP contribution in [0.5, 0.6) is 0 Å². The van der Waals surface area contributed by atoms with E-state index in [9.17, 15) is 4.79 Å². The molecule has 128 valence electrons. The van der Waals surface area contributed by atoms with Gasteiger partial charge in [0, 0.05) is 18.2 Å². The Kier molecular flexibility index (Phi) is 4.25. The maximum Gasteiger partial charge on any atom is 0.271 e. The Bertz CT molecular complexity index is 574. The fourth-order valence-corrected chi connectivity index (χ4v) is 3.31. The van der Waals surface area contributed by atoms with Crippen LogP contribution in [0.15, 0.2) is 6.07 Å². The number of aromatic nitrogens is 2. The molecule has 23 heavy (non-hydrogen) atoms. The van der Waals surface area contributed by atoms with E-state index < -0.39 is 0 Å². The van der Waals surface area contributed by atoms with Gasteiger partial charge in [0.25, 0.3) is 5.91 Å². The summed E-state index contributed by atoms with van der Waals surface area (Å²) in [7, 11) is 0. The number of amides is 1. The van der Waals surface area contributed by atoms with E-state index in [-0.39, 0.29) is 16.9 Å². The molecule has 1 aromatic rings. The lowest BCUT2D eigenvalue weighted by Gasteiger charge is -2.34. The van der Waals surface area contributed by atoms with Gasteiger partial charge in [-0.1, -0.05) is 6.92 Å². The van der Waals surface area contributed by atoms with Gasteiger partial charge in [0.05, 0.1) is 5.54 Å². The molecule has 0 spiro atoms. The number of nitrogens with zero attached hydrogens (tertiary/aromatic N) is 2. The Morgan fingerprint density at radius 1 is 1.39 bits per heavy atom. The molecule has 3 rings (SSSR count). The summed E-state index contributed by atoms with van der Waals surface area (Å²) in [5.41, 5.74) is 1.90. The van der Waals surface area contributed by atoms with E-state index in [0.717, 1.165) is 32.5 Å². The Hall–Kier alpha value is -1.36. The minimum atomic E-state index is -0.0858. The largest absolute Gasteiger partial charge is 0.350 e. The standard InChI is InChI=1S/C18H30N4O/c1-17(2,3)22-15(13-5-6-13)11-14(21-22)16(23)20-12-18(4)7-9-19-10-8-18/h11,13,19H,5-10,12H2,1-4H3,(H,20,23). The zero-order chi connectivity index (χ0) is 16.7. The highest BCUT2D eigenvalue weighted by Gasteiger charge is 2.33. The lowest BCUT2D eigenvalue weighted by atomic mass is 9.81. The molecule has 2 N–H and O–H groups in total. The van der Waals surface area contributed by atoms with Gasteiger partial charge < -0.3 is 10.6 Å². The number of rotatable bonds is 4. The van der Waals surface area contributed by atoms with Crippen molar-refractivity contribution in [2.75, 3.05) is 19.6 Å². The molecule has 0 unspecified atom stereocenters. The van der Waals surface area contributed by atoms with Crippen LogP contribution in [0, 0.1) is 5.41 Å². The molecule has 2 aliphatic rings. The lowest BCUT2D eigenvalue weighted by Crippen LogP contribution is -2.43. The van der Waals surface area contributed by atoms with Crippen LogP contribution in [0.4, 0.5) is 0 Å². The van der Waals surface area contributed by atoms with Gasteiger partial charge in [0.15, 0.2) is 0 Å². The highest BCUT2D eigenvalue weighted by atomic mass is 16.1. The van der Waals surface area contributed by atoms with E-state index in [2.05, 4.69) is 43.4 Å². The van der Waals surface area contributed by atoms with E-state index >= 15 is 0 Å². The van der Waals surface area contributed by atoms with Crippen molar-refractivity contribution in [1.29, 1.82) is 0 Å². The first-order valence-corrected chi connectivity index (χ1v) is 8.88. The quantitative estimate of drug-likeness (QED) is 0.897. The van der Waals surface area contributed by atoms with Crippen LogP contribution >= 0.6 is 0 Å². The van der Waals surface area contributed by atoms with Gasteiger partial charge in [-0.2, -0.15) is 5.10 Å². The third-order valence-electron chi connectivity index (χ3n) is 5.09. The molecule has 0 bridgehead atoms. The summed E-state index contributed by atoms with van der Waals surface area (Å²) < 4.78 is 2.05. The Labute approximate surface area is 139 Å². The van der Waals surface area contributed by atoms with Gasteiger partial charge in [-0.25, -0.2) is 0 Å². The molecule has 5 nitrogen and oxygen atoms in total. The molecule has 0 aromatic carbocycles. The maximum atomic E-state index is 12.6. The van der Waals surface area contributed by atoms with Gasteiger partial charge in [-0.05, 0) is 71.0 Å². The molecule has 0 atom stereocenters. The molecular weight excluding hydrogens is 288 g/mol. The molecule has 1 aliphatic heterocycles. The number of piperidine rings is 1. The third kappa shape index (κ3) is 3.77. The monoisotopic (exact) mass is 318 g/mol. The van der Waals surface area contributed by atoms with E-state index in [1.54, 1.807) is 0 Å². The summed E-state index contributed by atoms with van der Waals surface area (Å²) in [4.78, 5) is 12.6. The molecule has 1 aliphatic carbocycles. The van der Waals surface area contributed by atoms with Crippen LogP contribution in [0.25, 0.3) is 0 Å². The summed E-state index contributed by atoms with van der Waals surface area (Å²) in [6.07, 6.45) is 4.65. The van der Waals surface area contributed by atoms with Crippen molar-refractivity contribution in [3.63, 3.8) is 0 Å². The first kappa shape index (κ1) is 16.5. The smallest absolute Gasteiger partial charge is 0.271 e. The van der Waals surface area contributed by atoms with E-state index in [1.165, 1.54) is 18.5 Å². The van der Waals surface area contributed by atoms with Crippen molar-refractivity contribution >= 4 is 5.91 Å². The summed E-state index contributed by atoms with van der Waals surface area (Å²) in [5, 5.41) is 11.1. The minimum absolute atomic E-state index is 0.0327. The van der Waals surface area contributed by atoms with Crippen LogP contribution < -0.4 is 10.6 Å². The van der Waals surface area contributed by atoms with E-state index in [4.69, 9.17) is 0 Å². The second-order valence-corrected chi connectivity index (χ2v) is 8.55. The first-order chi connectivity index (χ1) is 10.8. The topological polar surface area (TPSA) is 59.0 Å². The van der Waals surface area contributed by atoms with Gasteiger partial charge in [-0.15, -0.1) is 0 Å². The Balaban J connectivity index is 1.70. The second kappa shape index (κ2) is 5.93. The second-order valence-electron chi connectivity index (χ2n) is 8.55. The fraction of sp³-hybridized carbons (Fsp3) is 0.778. The average molecular weight is 318 g/mol. The van der Waals surface area contributed by atoms with Crippen molar-refractivity contribution in [1.82, 2.24) is 20.4 Å². The van der Waals surface area contributed by atoms with Crippen LogP contribution in [-0.4, -0.2) is 35.3 Å². The van der Waals surface area contributed by atoms with Crippen molar-refractivity contribution in [3.05, 3.63) is 17.5 Å². The number of carbonyl (C=O) groups is 1. The maximum absolute atomic E-state index is 12.6. The zero-order valence-electron chi connectivity index (χ0n) is 14.9. The van der Waals surface area contributed by atoms with Crippen molar-refractivity contribution < 1.29 is 4.79 Å². The average Bonchev–Trinajstić information content (AvgIpc) is 3.22. The predicted molar refractivity (Wildman–Crippen MR) is 91.7 cm³/mol. The normalized spacial score (nSPS) is 21.2. The van der Waals surface area contributed by atoms with Crippen LogP contribution in [0.3, 0.4) is 0 Å². The van der Waals surface area contributed by atoms with Crippen LogP contribution in [0.2, 0.25) is 0 Å². The lowest BCUT2D eigenvalue weighted by molar-refractivity contribution is 0.0915. The highest BCUT2D eigenvalue weighted by molar-refractivity contribution is 5.92. The molecule has 0 radical (unpaired) electrons. The molecule has 2 fully saturated rings. The number of hydrogen-bond acceptors (Lipinski definition) is 3. The molecule has 1 amide bonds. The molecular formula is C18H30N4O. The molecule has 2 heterocycles. The van der Waals surface area contributed by atoms with Gasteiger partial charge in [0.2, 0.25) is 0 Å².